The van der Waals surface area contributed by atoms with Gasteiger partial charge >= 0.3 is 0 Å². The number of thioether (sulfide) groups is 1. The molecule has 0 bridgehead atoms. The first-order valence-corrected chi connectivity index (χ1v) is 12.4. The number of hydrogen-bond donors (Lipinski definition) is 1. The van der Waals surface area contributed by atoms with E-state index in [9.17, 15) is 13.6 Å². The number of hydrogen-bond acceptors (Lipinski definition) is 4. The Balaban J connectivity index is 1.31. The normalized spacial score (nSPS) is 15.4. The lowest BCUT2D eigenvalue weighted by atomic mass is 10.2. The number of amides is 1. The van der Waals surface area contributed by atoms with E-state index in [-0.39, 0.29) is 17.5 Å². The molecule has 0 saturated carbocycles. The molecule has 1 fully saturated rings. The van der Waals surface area contributed by atoms with Crippen molar-refractivity contribution in [2.75, 3.05) is 0 Å². The van der Waals surface area contributed by atoms with Crippen molar-refractivity contribution in [1.29, 1.82) is 0 Å². The molecule has 1 N–H and O–H groups in total. The molecule has 2 heterocycles. The van der Waals surface area contributed by atoms with Gasteiger partial charge in [0.25, 0.3) is 5.91 Å². The molecular weight excluding hydrogens is 492 g/mol. The zero-order valence-electron chi connectivity index (χ0n) is 20.2. The van der Waals surface area contributed by atoms with Crippen molar-refractivity contribution in [2.24, 2.45) is 4.99 Å². The number of carbonyl (C=O) groups is 1. The predicted octanol–water partition coefficient (Wildman–Crippen LogP) is 6.84. The van der Waals surface area contributed by atoms with Gasteiger partial charge in [-0.25, -0.2) is 13.8 Å². The summed E-state index contributed by atoms with van der Waals surface area (Å²) in [6.45, 7) is 4.37. The lowest BCUT2D eigenvalue weighted by Gasteiger charge is -2.11. The summed E-state index contributed by atoms with van der Waals surface area (Å²) >= 11 is 1.25. The fourth-order valence-electron chi connectivity index (χ4n) is 4.02. The van der Waals surface area contributed by atoms with Gasteiger partial charge in [-0.15, -0.1) is 0 Å². The number of aliphatic imine (C=N–C) groups is 1. The van der Waals surface area contributed by atoms with Gasteiger partial charge in [-0.2, -0.15) is 0 Å². The SMILES string of the molecule is Cc1cc(/C=C2/SC(=Nc3ccc(F)cc3)NC2=O)c(C)n1-c1ccc(OCc2ccc(F)cc2)cc1. The van der Waals surface area contributed by atoms with Crippen LogP contribution in [0.5, 0.6) is 5.75 Å². The van der Waals surface area contributed by atoms with Crippen LogP contribution in [0.1, 0.15) is 22.5 Å². The number of nitrogens with one attached hydrogen (secondary N) is 1. The number of ether oxygens (including phenoxy) is 1. The van der Waals surface area contributed by atoms with Crippen molar-refractivity contribution in [3.05, 3.63) is 118 Å². The molecule has 3 aromatic carbocycles. The number of benzene rings is 3. The molecule has 5 rings (SSSR count). The van der Waals surface area contributed by atoms with Crippen molar-refractivity contribution < 1.29 is 18.3 Å². The van der Waals surface area contributed by atoms with Crippen LogP contribution in [-0.4, -0.2) is 15.6 Å². The minimum absolute atomic E-state index is 0.224. The summed E-state index contributed by atoms with van der Waals surface area (Å²) in [5.74, 6) is -0.121. The van der Waals surface area contributed by atoms with Crippen molar-refractivity contribution in [1.82, 2.24) is 9.88 Å². The molecule has 0 aliphatic carbocycles. The summed E-state index contributed by atoms with van der Waals surface area (Å²) in [5.41, 5.74) is 5.36. The van der Waals surface area contributed by atoms with Crippen molar-refractivity contribution >= 4 is 34.6 Å². The van der Waals surface area contributed by atoms with Crippen LogP contribution < -0.4 is 10.1 Å². The molecule has 1 aliphatic rings. The zero-order chi connectivity index (χ0) is 25.9. The number of aryl methyl sites for hydroxylation is 1. The van der Waals surface area contributed by atoms with E-state index >= 15 is 0 Å². The van der Waals surface area contributed by atoms with Gasteiger partial charge in [0.1, 0.15) is 24.0 Å². The van der Waals surface area contributed by atoms with E-state index < -0.39 is 0 Å². The quantitative estimate of drug-likeness (QED) is 0.286. The Morgan fingerprint density at radius 2 is 1.59 bits per heavy atom. The summed E-state index contributed by atoms with van der Waals surface area (Å²) in [7, 11) is 0. The van der Waals surface area contributed by atoms with Gasteiger partial charge in [0, 0.05) is 17.1 Å². The first-order valence-electron chi connectivity index (χ1n) is 11.6. The van der Waals surface area contributed by atoms with Gasteiger partial charge < -0.3 is 14.6 Å². The maximum atomic E-state index is 13.1. The summed E-state index contributed by atoms with van der Waals surface area (Å²) in [6, 6.07) is 21.8. The monoisotopic (exact) mass is 515 g/mol. The Bertz CT molecular complexity index is 1510. The Morgan fingerprint density at radius 3 is 2.27 bits per heavy atom. The Morgan fingerprint density at radius 1 is 0.946 bits per heavy atom. The van der Waals surface area contributed by atoms with E-state index in [0.717, 1.165) is 28.2 Å². The maximum absolute atomic E-state index is 13.1. The Kier molecular flexibility index (Phi) is 6.92. The summed E-state index contributed by atoms with van der Waals surface area (Å²) in [4.78, 5) is 17.5. The van der Waals surface area contributed by atoms with Crippen molar-refractivity contribution in [2.45, 2.75) is 20.5 Å². The second-order valence-electron chi connectivity index (χ2n) is 8.53. The first-order chi connectivity index (χ1) is 17.9. The first kappa shape index (κ1) is 24.5. The highest BCUT2D eigenvalue weighted by atomic mass is 32.2. The average molecular weight is 516 g/mol. The molecule has 1 aliphatic heterocycles. The third-order valence-corrected chi connectivity index (χ3v) is 6.79. The third-order valence-electron chi connectivity index (χ3n) is 5.88. The zero-order valence-corrected chi connectivity index (χ0v) is 21.0. The van der Waals surface area contributed by atoms with Crippen LogP contribution in [0.4, 0.5) is 14.5 Å². The molecule has 8 heteroatoms. The molecule has 5 nitrogen and oxygen atoms in total. The van der Waals surface area contributed by atoms with Crippen molar-refractivity contribution in [3.63, 3.8) is 0 Å². The smallest absolute Gasteiger partial charge is 0.264 e. The molecular formula is C29H23F2N3O2S. The molecule has 0 spiro atoms. The Hall–Kier alpha value is -4.17. The van der Waals surface area contributed by atoms with Gasteiger partial charge in [0.05, 0.1) is 10.6 Å². The number of rotatable bonds is 6. The minimum Gasteiger partial charge on any atom is -0.489 e. The molecule has 1 aromatic heterocycles. The molecule has 186 valence electrons. The second-order valence-corrected chi connectivity index (χ2v) is 9.56. The highest BCUT2D eigenvalue weighted by Gasteiger charge is 2.24. The van der Waals surface area contributed by atoms with E-state index in [4.69, 9.17) is 4.74 Å². The highest BCUT2D eigenvalue weighted by molar-refractivity contribution is 8.18. The number of aromatic nitrogens is 1. The standard InChI is InChI=1S/C29H23F2N3O2S/c1-18-15-21(16-27-28(35)33-29(37-27)32-24-9-7-23(31)8-10-24)19(2)34(18)25-11-13-26(14-12-25)36-17-20-3-5-22(30)6-4-20/h3-16H,17H2,1-2H3,(H,32,33,35)/b27-16+. The predicted molar refractivity (Wildman–Crippen MR) is 143 cm³/mol. The van der Waals surface area contributed by atoms with Crippen LogP contribution in [0, 0.1) is 25.5 Å². The van der Waals surface area contributed by atoms with E-state index in [2.05, 4.69) is 14.9 Å². The molecule has 37 heavy (non-hydrogen) atoms. The van der Waals surface area contributed by atoms with E-state index in [1.54, 1.807) is 24.3 Å². The molecule has 0 atom stereocenters. The molecule has 1 amide bonds. The van der Waals surface area contributed by atoms with Crippen molar-refractivity contribution in [3.8, 4) is 11.4 Å². The highest BCUT2D eigenvalue weighted by Crippen LogP contribution is 2.31. The van der Waals surface area contributed by atoms with Gasteiger partial charge in [-0.3, -0.25) is 4.79 Å². The summed E-state index contributed by atoms with van der Waals surface area (Å²) < 4.78 is 34.2. The van der Waals surface area contributed by atoms with Crippen LogP contribution in [0.15, 0.2) is 88.8 Å². The number of carbonyl (C=O) groups excluding carboxylic acids is 1. The molecule has 4 aromatic rings. The van der Waals surface area contributed by atoms with Gasteiger partial charge in [0.15, 0.2) is 5.17 Å². The number of amidine groups is 1. The summed E-state index contributed by atoms with van der Waals surface area (Å²) in [5, 5.41) is 3.22. The van der Waals surface area contributed by atoms with Gasteiger partial charge in [0.2, 0.25) is 0 Å². The minimum atomic E-state index is -0.338. The second kappa shape index (κ2) is 10.4. The lowest BCUT2D eigenvalue weighted by Crippen LogP contribution is -2.19. The van der Waals surface area contributed by atoms with Crippen LogP contribution in [-0.2, 0) is 11.4 Å². The van der Waals surface area contributed by atoms with Crippen LogP contribution in [0.25, 0.3) is 11.8 Å². The summed E-state index contributed by atoms with van der Waals surface area (Å²) in [6.07, 6.45) is 1.85. The fourth-order valence-corrected chi connectivity index (χ4v) is 4.86. The van der Waals surface area contributed by atoms with Crippen LogP contribution in [0.2, 0.25) is 0 Å². The number of halogens is 2. The molecule has 0 radical (unpaired) electrons. The molecule has 0 unspecified atom stereocenters. The topological polar surface area (TPSA) is 55.6 Å². The Labute approximate surface area is 217 Å². The fraction of sp³-hybridized carbons (Fsp3) is 0.103. The van der Waals surface area contributed by atoms with Crippen LogP contribution >= 0.6 is 11.8 Å². The maximum Gasteiger partial charge on any atom is 0.264 e. The van der Waals surface area contributed by atoms with Gasteiger partial charge in [-0.05, 0) is 110 Å². The van der Waals surface area contributed by atoms with Gasteiger partial charge in [-0.1, -0.05) is 12.1 Å². The molecule has 1 saturated heterocycles. The number of nitrogens with zero attached hydrogens (tertiary/aromatic N) is 2. The van der Waals surface area contributed by atoms with Crippen LogP contribution in [0.3, 0.4) is 0 Å². The average Bonchev–Trinajstić information content (AvgIpc) is 3.37. The van der Waals surface area contributed by atoms with E-state index in [1.165, 1.54) is 36.0 Å². The van der Waals surface area contributed by atoms with E-state index in [1.807, 2.05) is 50.3 Å². The van der Waals surface area contributed by atoms with E-state index in [0.29, 0.717) is 28.1 Å². The third kappa shape index (κ3) is 5.65. The lowest BCUT2D eigenvalue weighted by molar-refractivity contribution is -0.115. The largest absolute Gasteiger partial charge is 0.489 e.